The number of carbonyl (C=O) groups excluding carboxylic acids is 1. The fourth-order valence-corrected chi connectivity index (χ4v) is 7.80. The number of hydrogen-bond donors (Lipinski definition) is 2. The molecule has 1 aromatic rings. The van der Waals surface area contributed by atoms with E-state index in [0.29, 0.717) is 11.8 Å². The summed E-state index contributed by atoms with van der Waals surface area (Å²) in [7, 11) is 1.71. The van der Waals surface area contributed by atoms with Crippen molar-refractivity contribution in [1.29, 1.82) is 0 Å². The number of rotatable bonds is 5. The minimum Gasteiger partial charge on any atom is -0.497 e. The van der Waals surface area contributed by atoms with Gasteiger partial charge in [-0.1, -0.05) is 64.0 Å². The zero-order valence-electron chi connectivity index (χ0n) is 21.1. The van der Waals surface area contributed by atoms with Crippen LogP contribution in [0.1, 0.15) is 77.2 Å². The van der Waals surface area contributed by atoms with E-state index in [1.54, 1.807) is 7.11 Å². The summed E-state index contributed by atoms with van der Waals surface area (Å²) in [6.45, 7) is 9.13. The number of allylic oxidation sites excluding steroid dienone is 3. The number of benzene rings is 1. The van der Waals surface area contributed by atoms with Crippen molar-refractivity contribution in [1.82, 2.24) is 10.6 Å². The molecule has 4 unspecified atom stereocenters. The van der Waals surface area contributed by atoms with Gasteiger partial charge in [-0.2, -0.15) is 0 Å². The average Bonchev–Trinajstić information content (AvgIpc) is 3.21. The van der Waals surface area contributed by atoms with Crippen LogP contribution in [-0.2, 0) is 0 Å². The summed E-state index contributed by atoms with van der Waals surface area (Å²) in [6, 6.07) is 8.20. The Labute approximate surface area is 204 Å². The maximum absolute atomic E-state index is 12.8. The Bertz CT molecular complexity index is 1040. The minimum absolute atomic E-state index is 0.0284. The van der Waals surface area contributed by atoms with Gasteiger partial charge >= 0.3 is 6.03 Å². The Morgan fingerprint density at radius 2 is 2.06 bits per heavy atom. The molecule has 1 saturated heterocycles. The molecule has 5 atom stereocenters. The zero-order chi connectivity index (χ0) is 23.9. The smallest absolute Gasteiger partial charge is 0.320 e. The van der Waals surface area contributed by atoms with Crippen LogP contribution in [-0.4, -0.2) is 18.7 Å². The highest BCUT2D eigenvalue weighted by molar-refractivity contribution is 5.86. The van der Waals surface area contributed by atoms with Gasteiger partial charge < -0.3 is 15.4 Å². The molecule has 182 valence electrons. The van der Waals surface area contributed by atoms with Crippen LogP contribution in [0.5, 0.6) is 5.75 Å². The number of nitrogens with one attached hydrogen (secondary N) is 2. The van der Waals surface area contributed by atoms with Crippen molar-refractivity contribution in [3.63, 3.8) is 0 Å². The molecule has 2 amide bonds. The number of hydrogen-bond acceptors (Lipinski definition) is 2. The molecule has 1 aliphatic heterocycles. The Hall–Kier alpha value is -2.49. The highest BCUT2D eigenvalue weighted by Gasteiger charge is 2.66. The Morgan fingerprint density at radius 1 is 1.21 bits per heavy atom. The largest absolute Gasteiger partial charge is 0.497 e. The predicted molar refractivity (Wildman–Crippen MR) is 138 cm³/mol. The standard InChI is InChI=1S/C30H40N2O2/c1-5-8-22-13-14-29(18-21(6-2)15-22)19-25-12-11-24(23-9-7-10-26(16-23)34-4)17-27(25)30(29)20(3)31-28(33)32-30/h7,9-11,16-17,21-22,25H,3,5-6,8,12-15,18-19H2,1-2,4H3,(H2,31,32,33)/t21?,22-,25?,29?,30?/m1/s1. The monoisotopic (exact) mass is 460 g/mol. The molecule has 2 spiro atoms. The molecule has 1 heterocycles. The third kappa shape index (κ3) is 3.61. The van der Waals surface area contributed by atoms with E-state index in [-0.39, 0.29) is 11.4 Å². The molecule has 4 aliphatic rings. The van der Waals surface area contributed by atoms with Crippen LogP contribution in [0.15, 0.2) is 54.3 Å². The maximum Gasteiger partial charge on any atom is 0.320 e. The molecule has 0 aromatic heterocycles. The minimum atomic E-state index is -0.484. The summed E-state index contributed by atoms with van der Waals surface area (Å²) in [4.78, 5) is 12.8. The molecule has 0 radical (unpaired) electrons. The lowest BCUT2D eigenvalue weighted by Crippen LogP contribution is -2.54. The molecule has 3 fully saturated rings. The van der Waals surface area contributed by atoms with Gasteiger partial charge in [0.25, 0.3) is 0 Å². The maximum atomic E-state index is 12.8. The van der Waals surface area contributed by atoms with Gasteiger partial charge in [-0.25, -0.2) is 4.79 Å². The molecule has 3 aliphatic carbocycles. The molecule has 2 N–H and O–H groups in total. The first-order valence-corrected chi connectivity index (χ1v) is 13.3. The van der Waals surface area contributed by atoms with Gasteiger partial charge in [0.05, 0.1) is 7.11 Å². The van der Waals surface area contributed by atoms with Crippen molar-refractivity contribution < 1.29 is 9.53 Å². The summed E-state index contributed by atoms with van der Waals surface area (Å²) in [5, 5.41) is 6.57. The van der Waals surface area contributed by atoms with Crippen molar-refractivity contribution in [2.24, 2.45) is 23.2 Å². The van der Waals surface area contributed by atoms with Crippen molar-refractivity contribution in [2.75, 3.05) is 7.11 Å². The second-order valence-electron chi connectivity index (χ2n) is 11.1. The molecule has 0 bridgehead atoms. The first kappa shape index (κ1) is 23.3. The van der Waals surface area contributed by atoms with E-state index in [9.17, 15) is 4.79 Å². The third-order valence-corrected chi connectivity index (χ3v) is 9.31. The van der Waals surface area contributed by atoms with Crippen LogP contribution in [0, 0.1) is 23.2 Å². The molecular formula is C30H40N2O2. The highest BCUT2D eigenvalue weighted by Crippen LogP contribution is 2.65. The first-order chi connectivity index (χ1) is 16.4. The fraction of sp³-hybridized carbons (Fsp3) is 0.567. The second kappa shape index (κ2) is 8.94. The zero-order valence-corrected chi connectivity index (χ0v) is 21.1. The van der Waals surface area contributed by atoms with Crippen molar-refractivity contribution >= 4 is 11.6 Å². The SMILES string of the molecule is C=C1NC(=O)NC12C1=CC(c3cccc(OC)c3)=CCC1CC21CC[C@@H](CCC)CC(CC)C1. The molecule has 2 saturated carbocycles. The summed E-state index contributed by atoms with van der Waals surface area (Å²) in [5.74, 6) is 2.82. The third-order valence-electron chi connectivity index (χ3n) is 9.31. The molecule has 1 aromatic carbocycles. The lowest BCUT2D eigenvalue weighted by atomic mass is 9.63. The number of methoxy groups -OCH3 is 1. The van der Waals surface area contributed by atoms with E-state index in [1.165, 1.54) is 55.2 Å². The van der Waals surface area contributed by atoms with Gasteiger partial charge in [-0.3, -0.25) is 0 Å². The normalized spacial score (nSPS) is 34.9. The van der Waals surface area contributed by atoms with Crippen LogP contribution in [0.4, 0.5) is 4.79 Å². The van der Waals surface area contributed by atoms with E-state index >= 15 is 0 Å². The Kier molecular flexibility index (Phi) is 6.12. The number of fused-ring (bicyclic) bond motifs is 3. The number of ether oxygens (including phenoxy) is 1. The number of carbonyl (C=O) groups is 1. The van der Waals surface area contributed by atoms with E-state index in [2.05, 4.69) is 55.3 Å². The summed E-state index contributed by atoms with van der Waals surface area (Å²) in [5.41, 5.74) is 4.16. The molecule has 4 heteroatoms. The summed E-state index contributed by atoms with van der Waals surface area (Å²) < 4.78 is 5.49. The lowest BCUT2D eigenvalue weighted by Gasteiger charge is -2.45. The van der Waals surface area contributed by atoms with Crippen LogP contribution < -0.4 is 15.4 Å². The van der Waals surface area contributed by atoms with Gasteiger partial charge in [0.1, 0.15) is 11.3 Å². The summed E-state index contributed by atoms with van der Waals surface area (Å²) in [6.07, 6.45) is 15.6. The fourth-order valence-electron chi connectivity index (χ4n) is 7.80. The predicted octanol–water partition coefficient (Wildman–Crippen LogP) is 7.00. The topological polar surface area (TPSA) is 50.4 Å². The van der Waals surface area contributed by atoms with Gasteiger partial charge in [0.2, 0.25) is 0 Å². The summed E-state index contributed by atoms with van der Waals surface area (Å²) >= 11 is 0. The lowest BCUT2D eigenvalue weighted by molar-refractivity contribution is 0.131. The van der Waals surface area contributed by atoms with Crippen LogP contribution >= 0.6 is 0 Å². The van der Waals surface area contributed by atoms with E-state index in [0.717, 1.165) is 36.6 Å². The molecule has 34 heavy (non-hydrogen) atoms. The van der Waals surface area contributed by atoms with Crippen molar-refractivity contribution in [3.05, 3.63) is 59.8 Å². The van der Waals surface area contributed by atoms with Crippen LogP contribution in [0.25, 0.3) is 5.57 Å². The average molecular weight is 461 g/mol. The Balaban J connectivity index is 1.59. The number of urea groups is 1. The quantitative estimate of drug-likeness (QED) is 0.497. The molecule has 5 rings (SSSR count). The van der Waals surface area contributed by atoms with E-state index in [4.69, 9.17) is 4.74 Å². The molecular weight excluding hydrogens is 420 g/mol. The van der Waals surface area contributed by atoms with Crippen LogP contribution in [0.3, 0.4) is 0 Å². The van der Waals surface area contributed by atoms with Gasteiger partial charge in [0, 0.05) is 11.1 Å². The van der Waals surface area contributed by atoms with Crippen molar-refractivity contribution in [2.45, 2.75) is 77.2 Å². The highest BCUT2D eigenvalue weighted by atomic mass is 16.5. The van der Waals surface area contributed by atoms with Crippen LogP contribution in [0.2, 0.25) is 0 Å². The molecule has 4 nitrogen and oxygen atoms in total. The van der Waals surface area contributed by atoms with Gasteiger partial charge in [-0.05, 0) is 85.1 Å². The van der Waals surface area contributed by atoms with Gasteiger partial charge in [0.15, 0.2) is 0 Å². The Morgan fingerprint density at radius 3 is 2.76 bits per heavy atom. The van der Waals surface area contributed by atoms with Crippen molar-refractivity contribution in [3.8, 4) is 5.75 Å². The first-order valence-electron chi connectivity index (χ1n) is 13.3. The van der Waals surface area contributed by atoms with Gasteiger partial charge in [-0.15, -0.1) is 0 Å². The second-order valence-corrected chi connectivity index (χ2v) is 11.1. The van der Waals surface area contributed by atoms with E-state index < -0.39 is 5.54 Å². The number of amides is 2. The van der Waals surface area contributed by atoms with E-state index in [1.807, 2.05) is 12.1 Å².